The maximum Gasteiger partial charge on any atom is 0.229 e. The molecule has 2 aromatic rings. The Balaban J connectivity index is 2.05. The molecule has 0 radical (unpaired) electrons. The zero-order chi connectivity index (χ0) is 16.8. The third-order valence-electron chi connectivity index (χ3n) is 3.08. The number of nitrogens with one attached hydrogen (secondary N) is 1. The lowest BCUT2D eigenvalue weighted by atomic mass is 10.1. The lowest BCUT2D eigenvalue weighted by Gasteiger charge is -2.06. The van der Waals surface area contributed by atoms with Gasteiger partial charge in [-0.2, -0.15) is 4.37 Å². The highest BCUT2D eigenvalue weighted by atomic mass is 35.5. The van der Waals surface area contributed by atoms with Crippen molar-refractivity contribution >= 4 is 39.8 Å². The summed E-state index contributed by atoms with van der Waals surface area (Å²) in [5, 5.41) is 7.88. The number of nitrogens with zero attached hydrogens (tertiary/aromatic N) is 2. The number of aryl methyl sites for hydroxylation is 1. The minimum absolute atomic E-state index is 0.132. The van der Waals surface area contributed by atoms with Crippen LogP contribution in [0, 0.1) is 6.92 Å². The van der Waals surface area contributed by atoms with Gasteiger partial charge in [0.1, 0.15) is 11.6 Å². The average Bonchev–Trinajstić information content (AvgIpc) is 2.84. The molecule has 5 nitrogen and oxygen atoms in total. The fourth-order valence-electron chi connectivity index (χ4n) is 1.91. The van der Waals surface area contributed by atoms with Crippen molar-refractivity contribution in [3.05, 3.63) is 46.1 Å². The van der Waals surface area contributed by atoms with Crippen molar-refractivity contribution in [2.75, 3.05) is 11.9 Å². The van der Waals surface area contributed by atoms with Gasteiger partial charge in [-0.25, -0.2) is 0 Å². The van der Waals surface area contributed by atoms with Gasteiger partial charge in [0, 0.05) is 0 Å². The fourth-order valence-corrected chi connectivity index (χ4v) is 2.86. The zero-order valence-corrected chi connectivity index (χ0v) is 14.8. The highest BCUT2D eigenvalue weighted by Crippen LogP contribution is 2.29. The van der Waals surface area contributed by atoms with E-state index in [9.17, 15) is 4.79 Å². The Morgan fingerprint density at radius 3 is 2.91 bits per heavy atom. The van der Waals surface area contributed by atoms with Crippen molar-refractivity contribution in [3.8, 4) is 0 Å². The first kappa shape index (κ1) is 17.4. The van der Waals surface area contributed by atoms with Crippen molar-refractivity contribution in [1.82, 2.24) is 4.37 Å². The Morgan fingerprint density at radius 2 is 2.26 bits per heavy atom. The molecular weight excluding hydrogens is 334 g/mol. The molecule has 2 rings (SSSR count). The molecule has 0 aliphatic heterocycles. The second kappa shape index (κ2) is 8.08. The second-order valence-corrected chi connectivity index (χ2v) is 6.08. The molecule has 0 fully saturated rings. The number of carbonyl (C=O) groups excluding carboxylic acids is 1. The number of anilines is 1. The Bertz CT molecular complexity index is 728. The van der Waals surface area contributed by atoms with E-state index in [1.54, 1.807) is 6.92 Å². The molecule has 1 amide bonds. The molecule has 0 spiro atoms. The molecule has 1 N–H and O–H groups in total. The van der Waals surface area contributed by atoms with E-state index >= 15 is 0 Å². The van der Waals surface area contributed by atoms with Gasteiger partial charge in [0.25, 0.3) is 0 Å². The predicted octanol–water partition coefficient (Wildman–Crippen LogP) is 4.05. The van der Waals surface area contributed by atoms with Crippen LogP contribution in [0.4, 0.5) is 5.00 Å². The number of hydrogen-bond donors (Lipinski definition) is 1. The van der Waals surface area contributed by atoms with E-state index in [1.807, 2.05) is 38.1 Å². The van der Waals surface area contributed by atoms with Crippen LogP contribution < -0.4 is 5.32 Å². The Labute approximate surface area is 144 Å². The van der Waals surface area contributed by atoms with Gasteiger partial charge in [-0.1, -0.05) is 35.0 Å². The molecule has 1 aromatic heterocycles. The molecule has 0 aliphatic carbocycles. The lowest BCUT2D eigenvalue weighted by molar-refractivity contribution is -0.115. The van der Waals surface area contributed by atoms with E-state index in [1.165, 1.54) is 11.5 Å². The number of aromatic nitrogens is 1. The Kier molecular flexibility index (Phi) is 6.12. The van der Waals surface area contributed by atoms with Gasteiger partial charge < -0.3 is 10.2 Å². The first-order chi connectivity index (χ1) is 11.0. The van der Waals surface area contributed by atoms with Crippen LogP contribution in [0.15, 0.2) is 29.4 Å². The molecule has 23 heavy (non-hydrogen) atoms. The monoisotopic (exact) mass is 351 g/mol. The number of oxime groups is 1. The SMILES string of the molecule is CCO/N=C(\C)c1cccc(CC(=O)Nc2snc(C)c2Cl)c1. The number of halogens is 1. The van der Waals surface area contributed by atoms with Crippen LogP contribution in [0.2, 0.25) is 5.02 Å². The predicted molar refractivity (Wildman–Crippen MR) is 94.5 cm³/mol. The minimum atomic E-state index is -0.132. The van der Waals surface area contributed by atoms with Crippen molar-refractivity contribution in [2.45, 2.75) is 27.2 Å². The average molecular weight is 352 g/mol. The molecule has 0 aliphatic rings. The Hall–Kier alpha value is -1.92. The van der Waals surface area contributed by atoms with E-state index in [-0.39, 0.29) is 12.3 Å². The zero-order valence-electron chi connectivity index (χ0n) is 13.2. The van der Waals surface area contributed by atoms with Gasteiger partial charge in [-0.15, -0.1) is 0 Å². The van der Waals surface area contributed by atoms with Crippen LogP contribution in [-0.2, 0) is 16.1 Å². The maximum atomic E-state index is 12.2. The second-order valence-electron chi connectivity index (χ2n) is 4.93. The van der Waals surface area contributed by atoms with Crippen LogP contribution in [0.25, 0.3) is 0 Å². The highest BCUT2D eigenvalue weighted by molar-refractivity contribution is 7.11. The maximum absolute atomic E-state index is 12.2. The number of benzene rings is 1. The molecule has 0 atom stereocenters. The van der Waals surface area contributed by atoms with Crippen molar-refractivity contribution < 1.29 is 9.63 Å². The van der Waals surface area contributed by atoms with Gasteiger partial charge in [-0.3, -0.25) is 4.79 Å². The van der Waals surface area contributed by atoms with Crippen LogP contribution in [0.5, 0.6) is 0 Å². The third-order valence-corrected chi connectivity index (χ3v) is 4.51. The normalized spacial score (nSPS) is 11.4. The van der Waals surface area contributed by atoms with Crippen molar-refractivity contribution in [2.24, 2.45) is 5.16 Å². The highest BCUT2D eigenvalue weighted by Gasteiger charge is 2.12. The van der Waals surface area contributed by atoms with Gasteiger partial charge >= 0.3 is 0 Å². The summed E-state index contributed by atoms with van der Waals surface area (Å²) < 4.78 is 4.11. The van der Waals surface area contributed by atoms with Gasteiger partial charge in [0.2, 0.25) is 5.91 Å². The standard InChI is InChI=1S/C16H18ClN3O2S/c1-4-22-19-10(2)13-7-5-6-12(8-13)9-14(21)18-16-15(17)11(3)20-23-16/h5-8H,4,9H2,1-3H3,(H,18,21)/b19-10+. The van der Waals surface area contributed by atoms with E-state index in [4.69, 9.17) is 16.4 Å². The topological polar surface area (TPSA) is 63.6 Å². The molecule has 122 valence electrons. The summed E-state index contributed by atoms with van der Waals surface area (Å²) in [7, 11) is 0. The first-order valence-corrected chi connectivity index (χ1v) is 8.34. The third kappa shape index (κ3) is 4.77. The molecule has 1 aromatic carbocycles. The van der Waals surface area contributed by atoms with E-state index in [0.717, 1.165) is 22.5 Å². The quantitative estimate of drug-likeness (QED) is 0.630. The van der Waals surface area contributed by atoms with Crippen molar-refractivity contribution in [3.63, 3.8) is 0 Å². The summed E-state index contributed by atoms with van der Waals surface area (Å²) in [6.07, 6.45) is 0.253. The largest absolute Gasteiger partial charge is 0.396 e. The van der Waals surface area contributed by atoms with E-state index < -0.39 is 0 Å². The number of hydrogen-bond acceptors (Lipinski definition) is 5. The molecule has 7 heteroatoms. The Morgan fingerprint density at radius 1 is 1.48 bits per heavy atom. The van der Waals surface area contributed by atoms with E-state index in [2.05, 4.69) is 14.8 Å². The number of rotatable bonds is 6. The molecule has 0 unspecified atom stereocenters. The minimum Gasteiger partial charge on any atom is -0.396 e. The summed E-state index contributed by atoms with van der Waals surface area (Å²) in [5.74, 6) is -0.132. The molecule has 0 saturated heterocycles. The number of amides is 1. The summed E-state index contributed by atoms with van der Waals surface area (Å²) in [6, 6.07) is 7.66. The van der Waals surface area contributed by atoms with Gasteiger partial charge in [-0.05, 0) is 49.5 Å². The van der Waals surface area contributed by atoms with Gasteiger partial charge in [0.05, 0.1) is 22.8 Å². The number of carbonyl (C=O) groups is 1. The lowest BCUT2D eigenvalue weighted by Crippen LogP contribution is -2.14. The first-order valence-electron chi connectivity index (χ1n) is 7.18. The summed E-state index contributed by atoms with van der Waals surface area (Å²) in [5.41, 5.74) is 3.31. The summed E-state index contributed by atoms with van der Waals surface area (Å²) in [6.45, 7) is 6.07. The van der Waals surface area contributed by atoms with Crippen molar-refractivity contribution in [1.29, 1.82) is 0 Å². The summed E-state index contributed by atoms with van der Waals surface area (Å²) >= 11 is 7.26. The van der Waals surface area contributed by atoms with Crippen LogP contribution in [0.3, 0.4) is 0 Å². The fraction of sp³-hybridized carbons (Fsp3) is 0.312. The van der Waals surface area contributed by atoms with Crippen LogP contribution >= 0.6 is 23.1 Å². The van der Waals surface area contributed by atoms with E-state index in [0.29, 0.717) is 16.6 Å². The molecule has 0 bridgehead atoms. The van der Waals surface area contributed by atoms with Gasteiger partial charge in [0.15, 0.2) is 0 Å². The smallest absolute Gasteiger partial charge is 0.229 e. The molecule has 1 heterocycles. The van der Waals surface area contributed by atoms with Crippen LogP contribution in [0.1, 0.15) is 30.7 Å². The summed E-state index contributed by atoms with van der Waals surface area (Å²) in [4.78, 5) is 17.2. The molecular formula is C16H18ClN3O2S. The molecule has 0 saturated carbocycles. The van der Waals surface area contributed by atoms with Crippen LogP contribution in [-0.4, -0.2) is 22.6 Å².